The van der Waals surface area contributed by atoms with E-state index in [0.717, 1.165) is 0 Å². The minimum atomic E-state index is -2.13. The van der Waals surface area contributed by atoms with Gasteiger partial charge in [0.15, 0.2) is 5.88 Å². The molecule has 24 heavy (non-hydrogen) atoms. The van der Waals surface area contributed by atoms with E-state index in [1.807, 2.05) is 0 Å². The summed E-state index contributed by atoms with van der Waals surface area (Å²) in [5.74, 6) is 0.276. The molecule has 1 rings (SSSR count). The predicted octanol–water partition coefficient (Wildman–Crippen LogP) is 5.63. The van der Waals surface area contributed by atoms with Crippen LogP contribution in [-0.4, -0.2) is 27.6 Å². The van der Waals surface area contributed by atoms with Gasteiger partial charge in [-0.25, -0.2) is 9.78 Å². The lowest BCUT2D eigenvalue weighted by Gasteiger charge is -2.36. The zero-order chi connectivity index (χ0) is 19.0. The van der Waals surface area contributed by atoms with E-state index in [9.17, 15) is 4.79 Å². The number of aromatic nitrogens is 1. The van der Waals surface area contributed by atoms with E-state index < -0.39 is 16.6 Å². The highest BCUT2D eigenvalue weighted by molar-refractivity contribution is 6.75. The molecule has 4 nitrogen and oxygen atoms in total. The number of hydrogen-bond donors (Lipinski definition) is 0. The smallest absolute Gasteiger partial charge is 0.326 e. The molecular weight excluding hydrogens is 334 g/mol. The summed E-state index contributed by atoms with van der Waals surface area (Å²) in [7, 11) is -4.05. The maximum absolute atomic E-state index is 12.4. The molecule has 0 spiro atoms. The highest BCUT2D eigenvalue weighted by atomic mass is 28.4. The van der Waals surface area contributed by atoms with Crippen LogP contribution in [0, 0.1) is 0 Å². The second-order valence-electron chi connectivity index (χ2n) is 9.40. The van der Waals surface area contributed by atoms with Gasteiger partial charge in [0.1, 0.15) is 0 Å². The third kappa shape index (κ3) is 4.92. The van der Waals surface area contributed by atoms with Gasteiger partial charge in [-0.2, -0.15) is 0 Å². The first-order chi connectivity index (χ1) is 10.6. The molecule has 1 aromatic rings. The van der Waals surface area contributed by atoms with Crippen LogP contribution in [0.25, 0.3) is 0 Å². The normalized spacial score (nSPS) is 13.6. The third-order valence-electron chi connectivity index (χ3n) is 5.29. The van der Waals surface area contributed by atoms with Gasteiger partial charge in [0.25, 0.3) is 16.6 Å². The van der Waals surface area contributed by atoms with Gasteiger partial charge in [0, 0.05) is 6.20 Å². The molecule has 0 aliphatic carbocycles. The van der Waals surface area contributed by atoms with E-state index in [1.54, 1.807) is 18.3 Å². The summed E-state index contributed by atoms with van der Waals surface area (Å²) in [6, 6.07) is 3.51. The van der Waals surface area contributed by atoms with Crippen molar-refractivity contribution in [2.45, 2.75) is 77.8 Å². The van der Waals surface area contributed by atoms with Crippen molar-refractivity contribution in [3.63, 3.8) is 0 Å². The van der Waals surface area contributed by atoms with Gasteiger partial charge < -0.3 is 8.85 Å². The fourth-order valence-corrected chi connectivity index (χ4v) is 3.26. The molecule has 136 valence electrons. The molecule has 1 aromatic heterocycles. The van der Waals surface area contributed by atoms with Gasteiger partial charge in [-0.05, 0) is 48.4 Å². The third-order valence-corrected chi connectivity index (χ3v) is 13.9. The minimum absolute atomic E-state index is 0.0124. The number of rotatable bonds is 4. The molecule has 0 aliphatic heterocycles. The molecule has 0 N–H and O–H groups in total. The molecule has 0 fully saturated rings. The van der Waals surface area contributed by atoms with Crippen molar-refractivity contribution in [1.82, 2.24) is 4.98 Å². The van der Waals surface area contributed by atoms with Gasteiger partial charge >= 0.3 is 5.97 Å². The Hall–Kier alpha value is -1.15. The van der Waals surface area contributed by atoms with Crippen LogP contribution in [0.3, 0.4) is 0 Å². The summed E-state index contributed by atoms with van der Waals surface area (Å²) in [6.07, 6.45) is 1.55. The van der Waals surface area contributed by atoms with E-state index in [2.05, 4.69) is 72.7 Å². The summed E-state index contributed by atoms with van der Waals surface area (Å²) in [5.41, 5.74) is 0.474. The Kier molecular flexibility index (Phi) is 5.78. The Morgan fingerprint density at radius 1 is 0.917 bits per heavy atom. The average molecular weight is 368 g/mol. The first kappa shape index (κ1) is 20.9. The Labute approximate surface area is 149 Å². The summed E-state index contributed by atoms with van der Waals surface area (Å²) >= 11 is 0. The van der Waals surface area contributed by atoms with Crippen molar-refractivity contribution in [3.8, 4) is 5.88 Å². The van der Waals surface area contributed by atoms with Crippen LogP contribution in [-0.2, 0) is 4.43 Å². The Balaban J connectivity index is 2.87. The van der Waals surface area contributed by atoms with E-state index in [-0.39, 0.29) is 16.0 Å². The van der Waals surface area contributed by atoms with Crippen LogP contribution in [0.1, 0.15) is 51.9 Å². The fourth-order valence-electron chi connectivity index (χ4n) is 1.42. The summed E-state index contributed by atoms with van der Waals surface area (Å²) < 4.78 is 12.0. The second kappa shape index (κ2) is 6.63. The lowest BCUT2D eigenvalue weighted by molar-refractivity contribution is 0.0712. The van der Waals surface area contributed by atoms with Crippen molar-refractivity contribution in [3.05, 3.63) is 23.9 Å². The zero-order valence-electron chi connectivity index (χ0n) is 16.9. The maximum atomic E-state index is 12.4. The SMILES string of the molecule is CC(C)(C)[Si](C)(C)OC(=O)c1ccc(O[Si](C)(C)C(C)(C)C)nc1. The van der Waals surface area contributed by atoms with E-state index in [4.69, 9.17) is 8.85 Å². The van der Waals surface area contributed by atoms with Crippen molar-refractivity contribution in [2.24, 2.45) is 0 Å². The largest absolute Gasteiger partial charge is 0.531 e. The number of carbonyl (C=O) groups excluding carboxylic acids is 1. The molecule has 0 radical (unpaired) electrons. The fraction of sp³-hybridized carbons (Fsp3) is 0.667. The monoisotopic (exact) mass is 367 g/mol. The number of pyridine rings is 1. The van der Waals surface area contributed by atoms with Crippen molar-refractivity contribution >= 4 is 22.6 Å². The summed E-state index contributed by atoms with van der Waals surface area (Å²) in [6.45, 7) is 21.4. The highest BCUT2D eigenvalue weighted by Crippen LogP contribution is 2.38. The lowest BCUT2D eigenvalue weighted by Crippen LogP contribution is -2.44. The minimum Gasteiger partial charge on any atom is -0.531 e. The van der Waals surface area contributed by atoms with E-state index >= 15 is 0 Å². The standard InChI is InChI=1S/C18H33NO3Si2/c1-17(2,3)23(7,8)21-15-12-11-14(13-19-15)16(20)22-24(9,10)18(4,5)6/h11-13H,1-10H3. The highest BCUT2D eigenvalue weighted by Gasteiger charge is 2.41. The first-order valence-corrected chi connectivity index (χ1v) is 14.3. The first-order valence-electron chi connectivity index (χ1n) is 8.45. The molecule has 0 saturated heterocycles. The summed E-state index contributed by atoms with van der Waals surface area (Å²) in [5, 5.41) is 0.0933. The molecule has 0 atom stereocenters. The Morgan fingerprint density at radius 2 is 1.42 bits per heavy atom. The summed E-state index contributed by atoms with van der Waals surface area (Å²) in [4.78, 5) is 16.7. The van der Waals surface area contributed by atoms with Crippen LogP contribution >= 0.6 is 0 Å². The van der Waals surface area contributed by atoms with Crippen molar-refractivity contribution in [2.75, 3.05) is 0 Å². The van der Waals surface area contributed by atoms with E-state index in [1.165, 1.54) is 0 Å². The van der Waals surface area contributed by atoms with Gasteiger partial charge in [-0.1, -0.05) is 41.5 Å². The lowest BCUT2D eigenvalue weighted by atomic mass is 10.2. The number of carbonyl (C=O) groups is 1. The van der Waals surface area contributed by atoms with Gasteiger partial charge in [-0.3, -0.25) is 0 Å². The van der Waals surface area contributed by atoms with Crippen LogP contribution in [0.15, 0.2) is 18.3 Å². The molecule has 0 bridgehead atoms. The molecule has 0 aromatic carbocycles. The number of hydrogen-bond acceptors (Lipinski definition) is 4. The zero-order valence-corrected chi connectivity index (χ0v) is 18.9. The number of nitrogens with zero attached hydrogens (tertiary/aromatic N) is 1. The Bertz CT molecular complexity index is 582. The molecule has 0 unspecified atom stereocenters. The van der Waals surface area contributed by atoms with Gasteiger partial charge in [0.05, 0.1) is 5.56 Å². The van der Waals surface area contributed by atoms with Crippen molar-refractivity contribution < 1.29 is 13.6 Å². The average Bonchev–Trinajstić information content (AvgIpc) is 2.35. The molecule has 6 heteroatoms. The Morgan fingerprint density at radius 3 is 1.79 bits per heavy atom. The van der Waals surface area contributed by atoms with Crippen LogP contribution < -0.4 is 4.43 Å². The molecule has 0 amide bonds. The predicted molar refractivity (Wildman–Crippen MR) is 105 cm³/mol. The quantitative estimate of drug-likeness (QED) is 0.647. The molecule has 0 aliphatic rings. The molecule has 1 heterocycles. The molecule has 0 saturated carbocycles. The second-order valence-corrected chi connectivity index (χ2v) is 18.8. The molecular formula is C18H33NO3Si2. The topological polar surface area (TPSA) is 48.4 Å². The van der Waals surface area contributed by atoms with Gasteiger partial charge in [0.2, 0.25) is 0 Å². The van der Waals surface area contributed by atoms with E-state index in [0.29, 0.717) is 11.4 Å². The van der Waals surface area contributed by atoms with Crippen molar-refractivity contribution in [1.29, 1.82) is 0 Å². The maximum Gasteiger partial charge on any atom is 0.326 e. The van der Waals surface area contributed by atoms with Crippen LogP contribution in [0.4, 0.5) is 0 Å². The van der Waals surface area contributed by atoms with Crippen LogP contribution in [0.5, 0.6) is 5.88 Å². The van der Waals surface area contributed by atoms with Gasteiger partial charge in [-0.15, -0.1) is 0 Å². The van der Waals surface area contributed by atoms with Crippen LogP contribution in [0.2, 0.25) is 36.3 Å².